The maximum Gasteiger partial charge on any atom is 0.335 e. The molecule has 0 spiro atoms. The molecule has 0 amide bonds. The van der Waals surface area contributed by atoms with Crippen LogP contribution in [0.2, 0.25) is 0 Å². The smallest absolute Gasteiger partial charge is 0.335 e. The molecule has 1 saturated carbocycles. The Kier molecular flexibility index (Phi) is 4.67. The topological polar surface area (TPSA) is 46.5 Å². The molecule has 0 unspecified atom stereocenters. The summed E-state index contributed by atoms with van der Waals surface area (Å²) in [4.78, 5) is 10.9. The zero-order chi connectivity index (χ0) is 13.1. The van der Waals surface area contributed by atoms with E-state index in [1.807, 2.05) is 0 Å². The van der Waals surface area contributed by atoms with Crippen molar-refractivity contribution in [3.8, 4) is 5.75 Å². The normalized spacial score (nSPS) is 16.6. The first-order valence-corrected chi connectivity index (χ1v) is 7.55. The Bertz CT molecular complexity index is 431. The van der Waals surface area contributed by atoms with Crippen molar-refractivity contribution in [2.75, 3.05) is 0 Å². The Morgan fingerprint density at radius 3 is 2.22 bits per heavy atom. The predicted molar refractivity (Wildman–Crippen MR) is 76.3 cm³/mol. The molecule has 1 N–H and O–H groups in total. The lowest BCUT2D eigenvalue weighted by Crippen LogP contribution is -2.20. The van der Waals surface area contributed by atoms with Crippen molar-refractivity contribution in [3.63, 3.8) is 0 Å². The largest absolute Gasteiger partial charge is 0.488 e. The van der Waals surface area contributed by atoms with Crippen molar-refractivity contribution in [3.05, 3.63) is 26.6 Å². The third-order valence-electron chi connectivity index (χ3n) is 3.08. The Morgan fingerprint density at radius 2 is 1.72 bits per heavy atom. The summed E-state index contributed by atoms with van der Waals surface area (Å²) in [5.74, 6) is -0.243. The van der Waals surface area contributed by atoms with Crippen LogP contribution in [-0.2, 0) is 0 Å². The Balaban J connectivity index is 2.19. The quantitative estimate of drug-likeness (QED) is 0.835. The molecule has 1 fully saturated rings. The predicted octanol–water partition coefficient (Wildman–Crippen LogP) is 4.62. The molecule has 0 bridgehead atoms. The molecule has 0 aliphatic heterocycles. The lowest BCUT2D eigenvalue weighted by molar-refractivity contribution is 0.0696. The van der Waals surface area contributed by atoms with Crippen LogP contribution in [0.4, 0.5) is 0 Å². The van der Waals surface area contributed by atoms with Crippen LogP contribution in [0.5, 0.6) is 5.75 Å². The van der Waals surface area contributed by atoms with Crippen LogP contribution in [0.15, 0.2) is 21.1 Å². The SMILES string of the molecule is O=C(O)c1cc(Br)c(OC2CCCCC2)c(Br)c1. The van der Waals surface area contributed by atoms with Gasteiger partial charge in [-0.2, -0.15) is 0 Å². The number of aromatic carboxylic acids is 1. The molecule has 1 aliphatic carbocycles. The maximum absolute atomic E-state index is 10.9. The van der Waals surface area contributed by atoms with E-state index in [1.54, 1.807) is 12.1 Å². The van der Waals surface area contributed by atoms with E-state index in [4.69, 9.17) is 9.84 Å². The summed E-state index contributed by atoms with van der Waals surface area (Å²) in [5, 5.41) is 8.96. The molecule has 0 radical (unpaired) electrons. The average molecular weight is 378 g/mol. The highest BCUT2D eigenvalue weighted by atomic mass is 79.9. The summed E-state index contributed by atoms with van der Waals surface area (Å²) in [5.41, 5.74) is 0.241. The fraction of sp³-hybridized carbons (Fsp3) is 0.462. The minimum atomic E-state index is -0.944. The van der Waals surface area contributed by atoms with Crippen molar-refractivity contribution in [2.45, 2.75) is 38.2 Å². The highest BCUT2D eigenvalue weighted by Crippen LogP contribution is 2.37. The van der Waals surface area contributed by atoms with Gasteiger partial charge in [0, 0.05) is 0 Å². The highest BCUT2D eigenvalue weighted by molar-refractivity contribution is 9.11. The molecule has 98 valence electrons. The van der Waals surface area contributed by atoms with Gasteiger partial charge in [0.1, 0.15) is 5.75 Å². The van der Waals surface area contributed by atoms with Gasteiger partial charge in [-0.3, -0.25) is 0 Å². The summed E-state index contributed by atoms with van der Waals surface area (Å²) < 4.78 is 7.33. The molecule has 1 aromatic carbocycles. The van der Waals surface area contributed by atoms with Crippen LogP contribution in [0.3, 0.4) is 0 Å². The van der Waals surface area contributed by atoms with E-state index in [-0.39, 0.29) is 11.7 Å². The van der Waals surface area contributed by atoms with Gasteiger partial charge in [0.25, 0.3) is 0 Å². The summed E-state index contributed by atoms with van der Waals surface area (Å²) in [7, 11) is 0. The van der Waals surface area contributed by atoms with E-state index in [0.717, 1.165) is 12.8 Å². The number of rotatable bonds is 3. The minimum Gasteiger partial charge on any atom is -0.488 e. The van der Waals surface area contributed by atoms with Gasteiger partial charge in [-0.15, -0.1) is 0 Å². The van der Waals surface area contributed by atoms with E-state index in [0.29, 0.717) is 14.7 Å². The molecule has 3 nitrogen and oxygen atoms in total. The first kappa shape index (κ1) is 13.9. The number of ether oxygens (including phenoxy) is 1. The molecule has 2 rings (SSSR count). The fourth-order valence-corrected chi connectivity index (χ4v) is 3.52. The maximum atomic E-state index is 10.9. The minimum absolute atomic E-state index is 0.238. The second-order valence-electron chi connectivity index (χ2n) is 4.45. The number of hydrogen-bond donors (Lipinski definition) is 1. The lowest BCUT2D eigenvalue weighted by atomic mass is 9.98. The van der Waals surface area contributed by atoms with Crippen LogP contribution in [0, 0.1) is 0 Å². The number of hydrogen-bond acceptors (Lipinski definition) is 2. The molecule has 0 atom stereocenters. The number of benzene rings is 1. The van der Waals surface area contributed by atoms with Gasteiger partial charge in [-0.25, -0.2) is 4.79 Å². The second-order valence-corrected chi connectivity index (χ2v) is 6.16. The average Bonchev–Trinajstić information content (AvgIpc) is 2.34. The van der Waals surface area contributed by atoms with Gasteiger partial charge >= 0.3 is 5.97 Å². The zero-order valence-corrected chi connectivity index (χ0v) is 13.0. The summed E-state index contributed by atoms with van der Waals surface area (Å²) in [6, 6.07) is 3.15. The van der Waals surface area contributed by atoms with Crippen LogP contribution >= 0.6 is 31.9 Å². The molecule has 1 aromatic rings. The van der Waals surface area contributed by atoms with Crippen molar-refractivity contribution in [1.29, 1.82) is 0 Å². The first-order valence-electron chi connectivity index (χ1n) is 5.97. The number of carbonyl (C=O) groups is 1. The Morgan fingerprint density at radius 1 is 1.17 bits per heavy atom. The van der Waals surface area contributed by atoms with Gasteiger partial charge in [-0.1, -0.05) is 6.42 Å². The van der Waals surface area contributed by atoms with Gasteiger partial charge in [0.2, 0.25) is 0 Å². The van der Waals surface area contributed by atoms with Gasteiger partial charge < -0.3 is 9.84 Å². The third kappa shape index (κ3) is 3.26. The van der Waals surface area contributed by atoms with Crippen LogP contribution in [0.1, 0.15) is 42.5 Å². The lowest BCUT2D eigenvalue weighted by Gasteiger charge is -2.24. The van der Waals surface area contributed by atoms with Crippen LogP contribution < -0.4 is 4.74 Å². The first-order chi connectivity index (χ1) is 8.58. The number of halogens is 2. The van der Waals surface area contributed by atoms with Crippen molar-refractivity contribution in [2.24, 2.45) is 0 Å². The van der Waals surface area contributed by atoms with Gasteiger partial charge in [-0.05, 0) is 69.7 Å². The number of carboxylic acid groups (broad SMARTS) is 1. The summed E-state index contributed by atoms with van der Waals surface area (Å²) in [6.45, 7) is 0. The van der Waals surface area contributed by atoms with Crippen LogP contribution in [-0.4, -0.2) is 17.2 Å². The van der Waals surface area contributed by atoms with Gasteiger partial charge in [0.15, 0.2) is 0 Å². The summed E-state index contributed by atoms with van der Waals surface area (Å²) >= 11 is 6.75. The molecular weight excluding hydrogens is 364 g/mol. The monoisotopic (exact) mass is 376 g/mol. The molecule has 0 heterocycles. The molecular formula is C13H14Br2O3. The zero-order valence-electron chi connectivity index (χ0n) is 9.79. The standard InChI is InChI=1S/C13H14Br2O3/c14-10-6-8(13(16)17)7-11(15)12(10)18-9-4-2-1-3-5-9/h6-7,9H,1-5H2,(H,16,17). The summed E-state index contributed by atoms with van der Waals surface area (Å²) in [6.07, 6.45) is 6.06. The molecule has 5 heteroatoms. The molecule has 0 aromatic heterocycles. The molecule has 18 heavy (non-hydrogen) atoms. The Labute approximate surface area is 123 Å². The Hall–Kier alpha value is -0.550. The van der Waals surface area contributed by atoms with Gasteiger partial charge in [0.05, 0.1) is 20.6 Å². The number of carboxylic acids is 1. The van der Waals surface area contributed by atoms with Crippen molar-refractivity contribution in [1.82, 2.24) is 0 Å². The second kappa shape index (κ2) is 6.06. The fourth-order valence-electron chi connectivity index (χ4n) is 2.15. The van der Waals surface area contributed by atoms with Crippen molar-refractivity contribution >= 4 is 37.8 Å². The van der Waals surface area contributed by atoms with Crippen molar-refractivity contribution < 1.29 is 14.6 Å². The molecule has 0 saturated heterocycles. The molecule has 1 aliphatic rings. The van der Waals surface area contributed by atoms with E-state index >= 15 is 0 Å². The van der Waals surface area contributed by atoms with Crippen LogP contribution in [0.25, 0.3) is 0 Å². The third-order valence-corrected chi connectivity index (χ3v) is 4.26. The van der Waals surface area contributed by atoms with E-state index in [9.17, 15) is 4.79 Å². The highest BCUT2D eigenvalue weighted by Gasteiger charge is 2.19. The van der Waals surface area contributed by atoms with E-state index < -0.39 is 5.97 Å². The van der Waals surface area contributed by atoms with E-state index in [1.165, 1.54) is 19.3 Å². The van der Waals surface area contributed by atoms with E-state index in [2.05, 4.69) is 31.9 Å².